The van der Waals surface area contributed by atoms with Crippen molar-refractivity contribution in [2.75, 3.05) is 18.7 Å². The lowest BCUT2D eigenvalue weighted by atomic mass is 10.1. The van der Waals surface area contributed by atoms with Crippen LogP contribution in [0.1, 0.15) is 31.2 Å². The molecule has 0 aromatic heterocycles. The standard InChI is InChI=1S/C23H21BrN2O4S2/c24-16-5-4-6-17(13-16)25-21(27)7-2-1-3-10-26-22(28)20(32-23(26)31)12-15-8-9-18-19(11-15)30-14-29-18/h4-6,8-9,11-13H,1-3,7,10,14H2,(H,25,27). The molecule has 0 atom stereocenters. The molecule has 166 valence electrons. The molecule has 2 aromatic rings. The van der Waals surface area contributed by atoms with Crippen LogP contribution in [0.3, 0.4) is 0 Å². The van der Waals surface area contributed by atoms with Gasteiger partial charge in [-0.05, 0) is 54.8 Å². The number of carbonyl (C=O) groups is 2. The van der Waals surface area contributed by atoms with Gasteiger partial charge in [-0.3, -0.25) is 14.5 Å². The molecule has 2 aliphatic heterocycles. The predicted molar refractivity (Wildman–Crippen MR) is 134 cm³/mol. The van der Waals surface area contributed by atoms with Crippen LogP contribution in [0, 0.1) is 0 Å². The van der Waals surface area contributed by atoms with Gasteiger partial charge in [0.15, 0.2) is 11.5 Å². The van der Waals surface area contributed by atoms with Crippen molar-refractivity contribution in [1.29, 1.82) is 0 Å². The number of carbonyl (C=O) groups excluding carboxylic acids is 2. The third-order valence-electron chi connectivity index (χ3n) is 4.96. The minimum absolute atomic E-state index is 0.0135. The van der Waals surface area contributed by atoms with Crippen molar-refractivity contribution in [2.24, 2.45) is 0 Å². The number of hydrogen-bond acceptors (Lipinski definition) is 6. The predicted octanol–water partition coefficient (Wildman–Crippen LogP) is 5.58. The molecule has 0 spiro atoms. The molecule has 0 aliphatic carbocycles. The molecule has 4 rings (SSSR count). The molecule has 6 nitrogen and oxygen atoms in total. The van der Waals surface area contributed by atoms with Crippen LogP contribution < -0.4 is 14.8 Å². The summed E-state index contributed by atoms with van der Waals surface area (Å²) in [5, 5.41) is 2.89. The highest BCUT2D eigenvalue weighted by Crippen LogP contribution is 2.36. The Hall–Kier alpha value is -2.36. The number of rotatable bonds is 8. The van der Waals surface area contributed by atoms with Crippen molar-refractivity contribution >= 4 is 67.8 Å². The molecule has 2 amide bonds. The van der Waals surface area contributed by atoms with Gasteiger partial charge in [-0.15, -0.1) is 0 Å². The quantitative estimate of drug-likeness (QED) is 0.272. The largest absolute Gasteiger partial charge is 0.454 e. The number of unbranched alkanes of at least 4 members (excludes halogenated alkanes) is 2. The summed E-state index contributed by atoms with van der Waals surface area (Å²) in [4.78, 5) is 27.1. The molecule has 0 radical (unpaired) electrons. The fourth-order valence-corrected chi connectivity index (χ4v) is 5.08. The van der Waals surface area contributed by atoms with Crippen LogP contribution in [0.2, 0.25) is 0 Å². The Balaban J connectivity index is 1.22. The van der Waals surface area contributed by atoms with Crippen LogP contribution in [0.25, 0.3) is 6.08 Å². The Morgan fingerprint density at radius 2 is 2.00 bits per heavy atom. The van der Waals surface area contributed by atoms with Crippen LogP contribution in [0.4, 0.5) is 5.69 Å². The average molecular weight is 533 g/mol. The molecule has 2 aromatic carbocycles. The second-order valence-electron chi connectivity index (χ2n) is 7.32. The van der Waals surface area contributed by atoms with Crippen LogP contribution in [-0.2, 0) is 9.59 Å². The summed E-state index contributed by atoms with van der Waals surface area (Å²) >= 11 is 10.1. The van der Waals surface area contributed by atoms with Crippen LogP contribution >= 0.6 is 39.9 Å². The Kier molecular flexibility index (Phi) is 7.49. The number of anilines is 1. The lowest BCUT2D eigenvalue weighted by Crippen LogP contribution is -2.29. The van der Waals surface area contributed by atoms with Gasteiger partial charge in [-0.25, -0.2) is 0 Å². The lowest BCUT2D eigenvalue weighted by molar-refractivity contribution is -0.122. The van der Waals surface area contributed by atoms with Gasteiger partial charge >= 0.3 is 0 Å². The number of hydrogen-bond donors (Lipinski definition) is 1. The first-order valence-corrected chi connectivity index (χ1v) is 12.2. The van der Waals surface area contributed by atoms with Crippen molar-refractivity contribution in [3.63, 3.8) is 0 Å². The lowest BCUT2D eigenvalue weighted by Gasteiger charge is -2.14. The number of amides is 2. The minimum atomic E-state index is -0.0786. The number of thioether (sulfide) groups is 1. The average Bonchev–Trinajstić information content (AvgIpc) is 3.32. The van der Waals surface area contributed by atoms with Gasteiger partial charge in [0.1, 0.15) is 4.32 Å². The molecular weight excluding hydrogens is 512 g/mol. The molecule has 0 saturated carbocycles. The van der Waals surface area contributed by atoms with Gasteiger partial charge in [0.2, 0.25) is 12.7 Å². The first kappa shape index (κ1) is 22.8. The van der Waals surface area contributed by atoms with E-state index in [2.05, 4.69) is 21.2 Å². The maximum Gasteiger partial charge on any atom is 0.266 e. The van der Waals surface area contributed by atoms with E-state index in [4.69, 9.17) is 21.7 Å². The SMILES string of the molecule is O=C(CCCCCN1C(=O)C(=Cc2ccc3c(c2)OCO3)SC1=S)Nc1cccc(Br)c1. The summed E-state index contributed by atoms with van der Waals surface area (Å²) in [7, 11) is 0. The van der Waals surface area contributed by atoms with Crippen LogP contribution in [0.5, 0.6) is 11.5 Å². The number of benzene rings is 2. The summed E-state index contributed by atoms with van der Waals surface area (Å²) in [5.41, 5.74) is 1.64. The van der Waals surface area contributed by atoms with Crippen molar-refractivity contribution in [3.8, 4) is 11.5 Å². The van der Waals surface area contributed by atoms with Gasteiger partial charge in [-0.1, -0.05) is 58.5 Å². The summed E-state index contributed by atoms with van der Waals surface area (Å²) in [6.07, 6.45) is 4.64. The highest BCUT2D eigenvalue weighted by Gasteiger charge is 2.31. The monoisotopic (exact) mass is 532 g/mol. The summed E-state index contributed by atoms with van der Waals surface area (Å²) in [6, 6.07) is 13.1. The zero-order valence-corrected chi connectivity index (χ0v) is 20.4. The molecular formula is C23H21BrN2O4S2. The van der Waals surface area contributed by atoms with Gasteiger partial charge in [0.25, 0.3) is 5.91 Å². The van der Waals surface area contributed by atoms with E-state index in [1.807, 2.05) is 48.5 Å². The minimum Gasteiger partial charge on any atom is -0.454 e. The molecule has 9 heteroatoms. The molecule has 2 aliphatic rings. The molecule has 0 unspecified atom stereocenters. The Bertz CT molecular complexity index is 1090. The molecule has 0 bridgehead atoms. The maximum absolute atomic E-state index is 12.8. The Morgan fingerprint density at radius 3 is 2.84 bits per heavy atom. The third kappa shape index (κ3) is 5.70. The van der Waals surface area contributed by atoms with E-state index in [0.717, 1.165) is 35.0 Å². The summed E-state index contributed by atoms with van der Waals surface area (Å²) in [5.74, 6) is 1.30. The van der Waals surface area contributed by atoms with Crippen molar-refractivity contribution in [1.82, 2.24) is 4.90 Å². The molecule has 2 heterocycles. The summed E-state index contributed by atoms with van der Waals surface area (Å²) < 4.78 is 12.2. The van der Waals surface area contributed by atoms with Crippen molar-refractivity contribution in [3.05, 3.63) is 57.4 Å². The second-order valence-corrected chi connectivity index (χ2v) is 9.91. The number of fused-ring (bicyclic) bond motifs is 1. The number of halogens is 1. The zero-order valence-electron chi connectivity index (χ0n) is 17.1. The molecule has 1 saturated heterocycles. The number of nitrogens with zero attached hydrogens (tertiary/aromatic N) is 1. The molecule has 32 heavy (non-hydrogen) atoms. The van der Waals surface area contributed by atoms with E-state index in [1.165, 1.54) is 11.8 Å². The van der Waals surface area contributed by atoms with Crippen LogP contribution in [-0.4, -0.2) is 34.4 Å². The van der Waals surface area contributed by atoms with Crippen molar-refractivity contribution < 1.29 is 19.1 Å². The number of thiocarbonyl (C=S) groups is 1. The van der Waals surface area contributed by atoms with E-state index in [0.29, 0.717) is 33.7 Å². The fourth-order valence-electron chi connectivity index (χ4n) is 3.37. The normalized spacial score (nSPS) is 16.2. The second kappa shape index (κ2) is 10.5. The highest BCUT2D eigenvalue weighted by molar-refractivity contribution is 9.10. The smallest absolute Gasteiger partial charge is 0.266 e. The zero-order chi connectivity index (χ0) is 22.5. The Morgan fingerprint density at radius 1 is 1.16 bits per heavy atom. The van der Waals surface area contributed by atoms with E-state index in [-0.39, 0.29) is 18.6 Å². The van der Waals surface area contributed by atoms with Gasteiger partial charge in [0.05, 0.1) is 4.91 Å². The maximum atomic E-state index is 12.8. The molecule has 1 N–H and O–H groups in total. The third-order valence-corrected chi connectivity index (χ3v) is 6.83. The van der Waals surface area contributed by atoms with Gasteiger partial charge in [0, 0.05) is 23.1 Å². The first-order chi connectivity index (χ1) is 15.5. The molecule has 1 fully saturated rings. The van der Waals surface area contributed by atoms with Crippen molar-refractivity contribution in [2.45, 2.75) is 25.7 Å². The van der Waals surface area contributed by atoms with E-state index >= 15 is 0 Å². The fraction of sp³-hybridized carbons (Fsp3) is 0.261. The highest BCUT2D eigenvalue weighted by atomic mass is 79.9. The van der Waals surface area contributed by atoms with Crippen LogP contribution in [0.15, 0.2) is 51.8 Å². The van der Waals surface area contributed by atoms with E-state index in [9.17, 15) is 9.59 Å². The van der Waals surface area contributed by atoms with Gasteiger partial charge < -0.3 is 14.8 Å². The van der Waals surface area contributed by atoms with E-state index in [1.54, 1.807) is 4.90 Å². The Labute approximate surface area is 204 Å². The van der Waals surface area contributed by atoms with E-state index < -0.39 is 0 Å². The first-order valence-electron chi connectivity index (χ1n) is 10.2. The summed E-state index contributed by atoms with van der Waals surface area (Å²) in [6.45, 7) is 0.767. The van der Waals surface area contributed by atoms with Gasteiger partial charge in [-0.2, -0.15) is 0 Å². The number of ether oxygens (including phenoxy) is 2. The topological polar surface area (TPSA) is 67.9 Å². The number of nitrogens with one attached hydrogen (secondary N) is 1.